The van der Waals surface area contributed by atoms with E-state index < -0.39 is 0 Å². The number of halogens is 2. The van der Waals surface area contributed by atoms with E-state index in [1.165, 1.54) is 18.7 Å². The highest BCUT2D eigenvalue weighted by molar-refractivity contribution is 6.35. The number of hydrogen-bond donors (Lipinski definition) is 0. The summed E-state index contributed by atoms with van der Waals surface area (Å²) in [5.41, 5.74) is 2.38. The number of nitrogens with zero attached hydrogens (tertiary/aromatic N) is 2. The topological polar surface area (TPSA) is 15.6 Å². The molecule has 1 aromatic carbocycles. The van der Waals surface area contributed by atoms with Crippen molar-refractivity contribution in [1.29, 1.82) is 0 Å². The second-order valence-corrected chi connectivity index (χ2v) is 7.12. The molecule has 3 rings (SSSR count). The van der Waals surface area contributed by atoms with E-state index in [9.17, 15) is 0 Å². The van der Waals surface area contributed by atoms with Gasteiger partial charge in [-0.1, -0.05) is 37.0 Å². The Balaban J connectivity index is 2.04. The van der Waals surface area contributed by atoms with Crippen LogP contribution in [0, 0.1) is 5.41 Å². The van der Waals surface area contributed by atoms with Gasteiger partial charge >= 0.3 is 0 Å². The third-order valence-electron chi connectivity index (χ3n) is 4.02. The number of hydrogen-bond acceptors (Lipinski definition) is 2. The lowest BCUT2D eigenvalue weighted by Gasteiger charge is -2.31. The van der Waals surface area contributed by atoms with Crippen molar-refractivity contribution in [3.63, 3.8) is 0 Å². The number of benzene rings is 1. The SMILES string of the molecule is CC1(C)CCCN2Cc3c(Cl)cc(Cl)cc3N=C2C1. The Morgan fingerprint density at radius 3 is 2.84 bits per heavy atom. The lowest BCUT2D eigenvalue weighted by Crippen LogP contribution is -2.33. The molecule has 1 aromatic rings. The highest BCUT2D eigenvalue weighted by Gasteiger charge is 2.30. The third kappa shape index (κ3) is 2.61. The molecule has 4 heteroatoms. The maximum absolute atomic E-state index is 6.30. The summed E-state index contributed by atoms with van der Waals surface area (Å²) in [7, 11) is 0. The second-order valence-electron chi connectivity index (χ2n) is 6.28. The van der Waals surface area contributed by atoms with E-state index in [0.29, 0.717) is 10.4 Å². The first-order valence-electron chi connectivity index (χ1n) is 6.75. The molecule has 0 N–H and O–H groups in total. The Kier molecular flexibility index (Phi) is 3.26. The van der Waals surface area contributed by atoms with Crippen LogP contribution in [-0.2, 0) is 6.54 Å². The summed E-state index contributed by atoms with van der Waals surface area (Å²) < 4.78 is 0. The van der Waals surface area contributed by atoms with Gasteiger partial charge in [-0.15, -0.1) is 0 Å². The fourth-order valence-corrected chi connectivity index (χ4v) is 3.50. The lowest BCUT2D eigenvalue weighted by molar-refractivity contribution is 0.348. The first-order chi connectivity index (χ1) is 8.94. The number of aliphatic imine (C=N–C) groups is 1. The average Bonchev–Trinajstić information content (AvgIpc) is 2.43. The van der Waals surface area contributed by atoms with E-state index in [1.54, 1.807) is 0 Å². The maximum Gasteiger partial charge on any atom is 0.106 e. The monoisotopic (exact) mass is 296 g/mol. The van der Waals surface area contributed by atoms with Crippen molar-refractivity contribution in [1.82, 2.24) is 4.90 Å². The van der Waals surface area contributed by atoms with E-state index in [4.69, 9.17) is 28.2 Å². The molecule has 0 spiro atoms. The van der Waals surface area contributed by atoms with Gasteiger partial charge in [0.2, 0.25) is 0 Å². The number of amidine groups is 1. The molecule has 102 valence electrons. The molecule has 0 aromatic heterocycles. The van der Waals surface area contributed by atoms with Crippen LogP contribution < -0.4 is 0 Å². The van der Waals surface area contributed by atoms with E-state index in [0.717, 1.165) is 35.8 Å². The molecule has 0 saturated carbocycles. The van der Waals surface area contributed by atoms with Gasteiger partial charge in [0.05, 0.1) is 5.69 Å². The first-order valence-corrected chi connectivity index (χ1v) is 7.51. The van der Waals surface area contributed by atoms with Gasteiger partial charge in [0.25, 0.3) is 0 Å². The summed E-state index contributed by atoms with van der Waals surface area (Å²) in [6, 6.07) is 3.73. The van der Waals surface area contributed by atoms with Crippen LogP contribution >= 0.6 is 23.2 Å². The third-order valence-corrected chi connectivity index (χ3v) is 4.57. The number of fused-ring (bicyclic) bond motifs is 2. The van der Waals surface area contributed by atoms with Gasteiger partial charge in [-0.25, -0.2) is 4.99 Å². The molecule has 19 heavy (non-hydrogen) atoms. The second kappa shape index (κ2) is 4.68. The highest BCUT2D eigenvalue weighted by atomic mass is 35.5. The molecule has 0 radical (unpaired) electrons. The largest absolute Gasteiger partial charge is 0.356 e. The standard InChI is InChI=1S/C15H18Cl2N2/c1-15(2)4-3-5-19-9-11-12(17)6-10(16)7-13(11)18-14(19)8-15/h6-7H,3-5,8-9H2,1-2H3. The fourth-order valence-electron chi connectivity index (χ4n) is 2.96. The quantitative estimate of drug-likeness (QED) is 0.654. The molecule has 2 aliphatic heterocycles. The minimum absolute atomic E-state index is 0.327. The minimum Gasteiger partial charge on any atom is -0.356 e. The first kappa shape index (κ1) is 13.3. The number of rotatable bonds is 0. The molecule has 0 bridgehead atoms. The molecule has 0 amide bonds. The summed E-state index contributed by atoms with van der Waals surface area (Å²) >= 11 is 12.4. The van der Waals surface area contributed by atoms with Crippen LogP contribution in [0.1, 0.15) is 38.7 Å². The summed E-state index contributed by atoms with van der Waals surface area (Å²) in [4.78, 5) is 7.19. The zero-order chi connectivity index (χ0) is 13.6. The Bertz CT molecular complexity index is 549. The molecule has 0 aliphatic carbocycles. The van der Waals surface area contributed by atoms with Crippen molar-refractivity contribution in [2.75, 3.05) is 6.54 Å². The molecule has 2 nitrogen and oxygen atoms in total. The van der Waals surface area contributed by atoms with Crippen LogP contribution in [0.5, 0.6) is 0 Å². The molecule has 2 aliphatic rings. The molecule has 2 heterocycles. The Morgan fingerprint density at radius 2 is 2.05 bits per heavy atom. The van der Waals surface area contributed by atoms with Gasteiger partial charge in [-0.3, -0.25) is 0 Å². The van der Waals surface area contributed by atoms with E-state index in [-0.39, 0.29) is 0 Å². The van der Waals surface area contributed by atoms with Crippen LogP contribution in [-0.4, -0.2) is 17.3 Å². The van der Waals surface area contributed by atoms with Crippen molar-refractivity contribution in [3.05, 3.63) is 27.7 Å². The summed E-state index contributed by atoms with van der Waals surface area (Å²) in [6.07, 6.45) is 3.48. The molecule has 1 saturated heterocycles. The summed E-state index contributed by atoms with van der Waals surface area (Å²) in [6.45, 7) is 6.57. The molecule has 1 fully saturated rings. The van der Waals surface area contributed by atoms with Crippen molar-refractivity contribution < 1.29 is 0 Å². The van der Waals surface area contributed by atoms with Crippen LogP contribution in [0.3, 0.4) is 0 Å². The predicted molar refractivity (Wildman–Crippen MR) is 81.6 cm³/mol. The Labute approximate surface area is 124 Å². The van der Waals surface area contributed by atoms with Gasteiger partial charge in [-0.05, 0) is 30.4 Å². The van der Waals surface area contributed by atoms with Crippen molar-refractivity contribution in [2.24, 2.45) is 10.4 Å². The molecule has 0 atom stereocenters. The predicted octanol–water partition coefficient (Wildman–Crippen LogP) is 5.05. The van der Waals surface area contributed by atoms with E-state index >= 15 is 0 Å². The van der Waals surface area contributed by atoms with Crippen molar-refractivity contribution in [3.8, 4) is 0 Å². The Hall–Kier alpha value is -0.730. The highest BCUT2D eigenvalue weighted by Crippen LogP contribution is 2.39. The zero-order valence-corrected chi connectivity index (χ0v) is 12.9. The smallest absolute Gasteiger partial charge is 0.106 e. The van der Waals surface area contributed by atoms with Crippen LogP contribution in [0.4, 0.5) is 5.69 Å². The van der Waals surface area contributed by atoms with Crippen molar-refractivity contribution in [2.45, 2.75) is 39.7 Å². The normalized spacial score (nSPS) is 21.3. The summed E-state index contributed by atoms with van der Waals surface area (Å²) in [5, 5.41) is 1.39. The van der Waals surface area contributed by atoms with E-state index in [1.807, 2.05) is 12.1 Å². The van der Waals surface area contributed by atoms with Gasteiger partial charge in [0.15, 0.2) is 0 Å². The molecular weight excluding hydrogens is 279 g/mol. The van der Waals surface area contributed by atoms with E-state index in [2.05, 4.69) is 18.7 Å². The van der Waals surface area contributed by atoms with Gasteiger partial charge in [0, 0.05) is 35.1 Å². The van der Waals surface area contributed by atoms with Crippen LogP contribution in [0.25, 0.3) is 0 Å². The van der Waals surface area contributed by atoms with Crippen LogP contribution in [0.15, 0.2) is 17.1 Å². The fraction of sp³-hybridized carbons (Fsp3) is 0.533. The summed E-state index contributed by atoms with van der Waals surface area (Å²) in [5.74, 6) is 1.19. The zero-order valence-electron chi connectivity index (χ0n) is 11.3. The van der Waals surface area contributed by atoms with Crippen molar-refractivity contribution >= 4 is 34.7 Å². The van der Waals surface area contributed by atoms with Crippen LogP contribution in [0.2, 0.25) is 10.0 Å². The lowest BCUT2D eigenvalue weighted by atomic mass is 9.85. The van der Waals surface area contributed by atoms with Gasteiger partial charge < -0.3 is 4.90 Å². The average molecular weight is 297 g/mol. The maximum atomic E-state index is 6.30. The minimum atomic E-state index is 0.327. The van der Waals surface area contributed by atoms with Gasteiger partial charge in [0.1, 0.15) is 5.84 Å². The molecule has 0 unspecified atom stereocenters. The Morgan fingerprint density at radius 1 is 1.26 bits per heavy atom. The molecular formula is C15H18Cl2N2. The van der Waals surface area contributed by atoms with Gasteiger partial charge in [-0.2, -0.15) is 0 Å².